The molecule has 1 aromatic rings. The van der Waals surface area contributed by atoms with Gasteiger partial charge in [-0.3, -0.25) is 0 Å². The summed E-state index contributed by atoms with van der Waals surface area (Å²) < 4.78 is 25.2. The Bertz CT molecular complexity index is 370. The van der Waals surface area contributed by atoms with Gasteiger partial charge in [-0.1, -0.05) is 18.2 Å². The van der Waals surface area contributed by atoms with Gasteiger partial charge in [-0.25, -0.2) is 13.1 Å². The highest BCUT2D eigenvalue weighted by Crippen LogP contribution is 2.05. The first-order valence-corrected chi connectivity index (χ1v) is 5.22. The maximum absolute atomic E-state index is 11.4. The van der Waals surface area contributed by atoms with E-state index >= 15 is 0 Å². The van der Waals surface area contributed by atoms with Crippen molar-refractivity contribution in [3.63, 3.8) is 0 Å². The average molecular weight is 196 g/mol. The number of rotatable bonds is 4. The first-order valence-electron chi connectivity index (χ1n) is 3.73. The van der Waals surface area contributed by atoms with Gasteiger partial charge in [0.15, 0.2) is 0 Å². The highest BCUT2D eigenvalue weighted by Gasteiger charge is 2.10. The third-order valence-electron chi connectivity index (χ3n) is 1.42. The second-order valence-electron chi connectivity index (χ2n) is 2.38. The van der Waals surface area contributed by atoms with Crippen LogP contribution in [0, 0.1) is 6.07 Å². The van der Waals surface area contributed by atoms with Gasteiger partial charge in [-0.05, 0) is 18.2 Å². The molecule has 1 aromatic carbocycles. The fourth-order valence-corrected chi connectivity index (χ4v) is 1.80. The van der Waals surface area contributed by atoms with Crippen LogP contribution in [-0.4, -0.2) is 15.0 Å². The lowest BCUT2D eigenvalue weighted by Crippen LogP contribution is -2.23. The standard InChI is InChI=1S/C9H10NO2S/c1-2-8-10-13(11,12)9-6-4-3-5-7-9/h2,4-7,10H,1,8H2. The molecule has 0 heterocycles. The van der Waals surface area contributed by atoms with Gasteiger partial charge >= 0.3 is 0 Å². The summed E-state index contributed by atoms with van der Waals surface area (Å²) in [6.07, 6.45) is 1.49. The molecule has 0 saturated heterocycles. The van der Waals surface area contributed by atoms with Gasteiger partial charge < -0.3 is 0 Å². The van der Waals surface area contributed by atoms with Crippen molar-refractivity contribution in [1.82, 2.24) is 4.72 Å². The van der Waals surface area contributed by atoms with Crippen LogP contribution in [0.1, 0.15) is 0 Å². The maximum Gasteiger partial charge on any atom is 0.240 e. The molecule has 0 aliphatic rings. The molecule has 0 saturated carbocycles. The van der Waals surface area contributed by atoms with E-state index in [1.54, 1.807) is 12.1 Å². The highest BCUT2D eigenvalue weighted by atomic mass is 32.2. The molecule has 0 aromatic heterocycles. The van der Waals surface area contributed by atoms with Crippen LogP contribution in [-0.2, 0) is 10.0 Å². The smallest absolute Gasteiger partial charge is 0.207 e. The second-order valence-corrected chi connectivity index (χ2v) is 4.14. The SMILES string of the molecule is C=CCNS(=O)(=O)c1cc[c]cc1. The molecule has 0 atom stereocenters. The number of hydrogen-bond donors (Lipinski definition) is 1. The normalized spacial score (nSPS) is 11.1. The Morgan fingerprint density at radius 1 is 1.46 bits per heavy atom. The van der Waals surface area contributed by atoms with Crippen molar-refractivity contribution in [1.29, 1.82) is 0 Å². The van der Waals surface area contributed by atoms with Crippen LogP contribution in [0.2, 0.25) is 0 Å². The van der Waals surface area contributed by atoms with Crippen LogP contribution < -0.4 is 4.72 Å². The molecular weight excluding hydrogens is 186 g/mol. The lowest BCUT2D eigenvalue weighted by Gasteiger charge is -2.02. The zero-order valence-corrected chi connectivity index (χ0v) is 7.84. The van der Waals surface area contributed by atoms with Gasteiger partial charge in [0.05, 0.1) is 4.90 Å². The van der Waals surface area contributed by atoms with Gasteiger partial charge in [0.1, 0.15) is 0 Å². The molecule has 0 bridgehead atoms. The molecule has 0 amide bonds. The van der Waals surface area contributed by atoms with Gasteiger partial charge in [0, 0.05) is 6.54 Å². The molecule has 13 heavy (non-hydrogen) atoms. The van der Waals surface area contributed by atoms with E-state index in [4.69, 9.17) is 0 Å². The highest BCUT2D eigenvalue weighted by molar-refractivity contribution is 7.89. The Labute approximate surface area is 78.1 Å². The molecule has 1 N–H and O–H groups in total. The maximum atomic E-state index is 11.4. The van der Waals surface area contributed by atoms with Crippen molar-refractivity contribution < 1.29 is 8.42 Å². The molecule has 69 valence electrons. The predicted molar refractivity (Wildman–Crippen MR) is 50.7 cm³/mol. The molecule has 0 fully saturated rings. The monoisotopic (exact) mass is 196 g/mol. The summed E-state index contributed by atoms with van der Waals surface area (Å²) in [6, 6.07) is 8.85. The van der Waals surface area contributed by atoms with Gasteiger partial charge in [0.25, 0.3) is 0 Å². The number of nitrogens with one attached hydrogen (secondary N) is 1. The quantitative estimate of drug-likeness (QED) is 0.729. The Hall–Kier alpha value is -1.13. The summed E-state index contributed by atoms with van der Waals surface area (Å²) in [4.78, 5) is 0.244. The summed E-state index contributed by atoms with van der Waals surface area (Å²) in [5.74, 6) is 0. The minimum absolute atomic E-state index is 0.237. The fourth-order valence-electron chi connectivity index (χ4n) is 0.803. The zero-order chi connectivity index (χ0) is 9.73. The van der Waals surface area contributed by atoms with Crippen LogP contribution in [0.5, 0.6) is 0 Å². The number of sulfonamides is 1. The predicted octanol–water partition coefficient (Wildman–Crippen LogP) is 0.951. The van der Waals surface area contributed by atoms with Crippen molar-refractivity contribution in [3.05, 3.63) is 43.0 Å². The molecule has 4 heteroatoms. The molecule has 1 rings (SSSR count). The Kier molecular flexibility index (Phi) is 3.22. The molecular formula is C9H10NO2S. The van der Waals surface area contributed by atoms with Gasteiger partial charge in [-0.15, -0.1) is 6.58 Å². The fraction of sp³-hybridized carbons (Fsp3) is 0.111. The van der Waals surface area contributed by atoms with Crippen molar-refractivity contribution >= 4 is 10.0 Å². The molecule has 1 radical (unpaired) electrons. The summed E-state index contributed by atoms with van der Waals surface area (Å²) in [5.41, 5.74) is 0. The van der Waals surface area contributed by atoms with E-state index < -0.39 is 10.0 Å². The van der Waals surface area contributed by atoms with Crippen molar-refractivity contribution in [2.45, 2.75) is 4.90 Å². The minimum Gasteiger partial charge on any atom is -0.207 e. The van der Waals surface area contributed by atoms with Crippen molar-refractivity contribution in [3.8, 4) is 0 Å². The van der Waals surface area contributed by atoms with E-state index in [-0.39, 0.29) is 11.4 Å². The van der Waals surface area contributed by atoms with Crippen LogP contribution in [0.3, 0.4) is 0 Å². The molecule has 0 aliphatic heterocycles. The van der Waals surface area contributed by atoms with E-state index in [0.717, 1.165) is 0 Å². The van der Waals surface area contributed by atoms with E-state index in [1.165, 1.54) is 18.2 Å². The third-order valence-corrected chi connectivity index (χ3v) is 2.86. The Morgan fingerprint density at radius 3 is 2.62 bits per heavy atom. The summed E-state index contributed by atoms with van der Waals surface area (Å²) in [6.45, 7) is 3.66. The van der Waals surface area contributed by atoms with Crippen LogP contribution in [0.4, 0.5) is 0 Å². The van der Waals surface area contributed by atoms with Crippen LogP contribution in [0.25, 0.3) is 0 Å². The third kappa shape index (κ3) is 2.68. The molecule has 0 aliphatic carbocycles. The number of benzene rings is 1. The summed E-state index contributed by atoms with van der Waals surface area (Å²) >= 11 is 0. The summed E-state index contributed by atoms with van der Waals surface area (Å²) in [5, 5.41) is 0. The number of hydrogen-bond acceptors (Lipinski definition) is 2. The topological polar surface area (TPSA) is 46.2 Å². The van der Waals surface area contributed by atoms with E-state index in [9.17, 15) is 8.42 Å². The van der Waals surface area contributed by atoms with E-state index in [0.29, 0.717) is 0 Å². The Balaban J connectivity index is 2.88. The lowest BCUT2D eigenvalue weighted by molar-refractivity contribution is 0.585. The average Bonchev–Trinajstić information content (AvgIpc) is 2.16. The largest absolute Gasteiger partial charge is 0.240 e. The first kappa shape index (κ1) is 9.95. The van der Waals surface area contributed by atoms with Crippen molar-refractivity contribution in [2.75, 3.05) is 6.54 Å². The zero-order valence-electron chi connectivity index (χ0n) is 7.03. The second kappa shape index (κ2) is 4.20. The van der Waals surface area contributed by atoms with Crippen molar-refractivity contribution in [2.24, 2.45) is 0 Å². The lowest BCUT2D eigenvalue weighted by atomic mass is 10.4. The molecule has 0 unspecified atom stereocenters. The Morgan fingerprint density at radius 2 is 2.08 bits per heavy atom. The van der Waals surface area contributed by atoms with Gasteiger partial charge in [0.2, 0.25) is 10.0 Å². The van der Waals surface area contributed by atoms with Crippen LogP contribution in [0.15, 0.2) is 41.8 Å². The molecule has 3 nitrogen and oxygen atoms in total. The summed E-state index contributed by atoms with van der Waals surface area (Å²) in [7, 11) is -3.36. The minimum atomic E-state index is -3.36. The van der Waals surface area contributed by atoms with Gasteiger partial charge in [-0.2, -0.15) is 0 Å². The van der Waals surface area contributed by atoms with Crippen LogP contribution >= 0.6 is 0 Å². The van der Waals surface area contributed by atoms with E-state index in [2.05, 4.69) is 17.4 Å². The molecule has 0 spiro atoms. The first-order chi connectivity index (χ1) is 6.17. The van der Waals surface area contributed by atoms with E-state index in [1.807, 2.05) is 0 Å².